The zero-order valence-corrected chi connectivity index (χ0v) is 16.7. The molecule has 1 aromatic rings. The first kappa shape index (κ1) is 19.9. The Hall–Kier alpha value is -1.89. The summed E-state index contributed by atoms with van der Waals surface area (Å²) in [5.74, 6) is 1.07. The van der Waals surface area contributed by atoms with E-state index in [9.17, 15) is 14.7 Å². The molecule has 1 N–H and O–H groups in total. The topological polar surface area (TPSA) is 78.7 Å². The molecule has 0 aliphatic carbocycles. The van der Waals surface area contributed by atoms with Gasteiger partial charge in [0.05, 0.1) is 0 Å². The Morgan fingerprint density at radius 3 is 2.48 bits per heavy atom. The van der Waals surface area contributed by atoms with Gasteiger partial charge in [-0.2, -0.15) is 5.10 Å². The Morgan fingerprint density at radius 1 is 1.22 bits per heavy atom. The van der Waals surface area contributed by atoms with Crippen molar-refractivity contribution in [1.29, 1.82) is 0 Å². The Morgan fingerprint density at radius 2 is 1.93 bits per heavy atom. The first-order valence-corrected chi connectivity index (χ1v) is 10.2. The lowest BCUT2D eigenvalue weighted by molar-refractivity contribution is -0.136. The summed E-state index contributed by atoms with van der Waals surface area (Å²) in [5.41, 5.74) is 0.478. The number of aromatic nitrogens is 2. The number of aliphatic hydroxyl groups excluding tert-OH is 1. The molecule has 150 valence electrons. The van der Waals surface area contributed by atoms with E-state index < -0.39 is 0 Å². The van der Waals surface area contributed by atoms with Gasteiger partial charge in [0, 0.05) is 57.4 Å². The summed E-state index contributed by atoms with van der Waals surface area (Å²) in [6.07, 6.45) is 3.73. The number of carbonyl (C=O) groups excluding carboxylic acids is 2. The number of nitrogens with zero attached hydrogens (tertiary/aromatic N) is 4. The van der Waals surface area contributed by atoms with Crippen LogP contribution in [0.2, 0.25) is 0 Å². The van der Waals surface area contributed by atoms with Crippen LogP contribution in [0, 0.1) is 23.7 Å². The summed E-state index contributed by atoms with van der Waals surface area (Å²) in [6, 6.07) is 1.77. The summed E-state index contributed by atoms with van der Waals surface area (Å²) in [5, 5.41) is 14.2. The van der Waals surface area contributed by atoms with Gasteiger partial charge in [-0.15, -0.1) is 0 Å². The maximum absolute atomic E-state index is 12.8. The van der Waals surface area contributed by atoms with Crippen molar-refractivity contribution in [3.05, 3.63) is 18.0 Å². The van der Waals surface area contributed by atoms with Crippen LogP contribution in [0.5, 0.6) is 0 Å². The van der Waals surface area contributed by atoms with Crippen LogP contribution in [0.3, 0.4) is 0 Å². The van der Waals surface area contributed by atoms with Crippen molar-refractivity contribution in [3.8, 4) is 0 Å². The molecular weight excluding hydrogens is 344 g/mol. The molecule has 0 aromatic carbocycles. The average molecular weight is 377 g/mol. The smallest absolute Gasteiger partial charge is 0.274 e. The quantitative estimate of drug-likeness (QED) is 0.844. The van der Waals surface area contributed by atoms with Crippen molar-refractivity contribution in [1.82, 2.24) is 19.6 Å². The van der Waals surface area contributed by atoms with Gasteiger partial charge in [0.1, 0.15) is 5.69 Å². The average Bonchev–Trinajstić information content (AvgIpc) is 3.33. The Bertz CT molecular complexity index is 664. The van der Waals surface area contributed by atoms with E-state index in [1.807, 2.05) is 36.8 Å². The van der Waals surface area contributed by atoms with E-state index in [0.29, 0.717) is 30.6 Å². The first-order valence-electron chi connectivity index (χ1n) is 10.2. The summed E-state index contributed by atoms with van der Waals surface area (Å²) < 4.78 is 1.76. The SMILES string of the molecule is CCn1ccc(C(=O)N2C[C@@H](CO)[C@H](C3CCN(C(=O)C(C)C)CC3)C2)n1. The maximum atomic E-state index is 12.8. The molecule has 3 heterocycles. The zero-order chi connectivity index (χ0) is 19.6. The Kier molecular flexibility index (Phi) is 6.19. The van der Waals surface area contributed by atoms with Gasteiger partial charge < -0.3 is 14.9 Å². The van der Waals surface area contributed by atoms with Crippen molar-refractivity contribution in [2.24, 2.45) is 23.7 Å². The standard InChI is InChI=1S/C20H32N4O3/c1-4-24-10-7-18(21-24)20(27)23-11-16(13-25)17(12-23)15-5-8-22(9-6-15)19(26)14(2)3/h7,10,14-17,25H,4-6,8-9,11-13H2,1-3H3/t16-,17-/m0/s1. The van der Waals surface area contributed by atoms with E-state index >= 15 is 0 Å². The number of aliphatic hydroxyl groups is 1. The number of carbonyl (C=O) groups is 2. The highest BCUT2D eigenvalue weighted by molar-refractivity contribution is 5.92. The molecule has 2 aliphatic rings. The maximum Gasteiger partial charge on any atom is 0.274 e. The van der Waals surface area contributed by atoms with Gasteiger partial charge in [0.25, 0.3) is 5.91 Å². The van der Waals surface area contributed by atoms with Crippen LogP contribution in [0.25, 0.3) is 0 Å². The molecule has 7 nitrogen and oxygen atoms in total. The summed E-state index contributed by atoms with van der Waals surface area (Å²) in [7, 11) is 0. The van der Waals surface area contributed by atoms with Gasteiger partial charge in [-0.1, -0.05) is 13.8 Å². The molecule has 3 rings (SSSR count). The minimum atomic E-state index is -0.0458. The van der Waals surface area contributed by atoms with Gasteiger partial charge >= 0.3 is 0 Å². The van der Waals surface area contributed by atoms with Gasteiger partial charge in [-0.05, 0) is 37.7 Å². The van der Waals surface area contributed by atoms with Crippen LogP contribution in [0.15, 0.2) is 12.3 Å². The number of hydrogen-bond acceptors (Lipinski definition) is 4. The highest BCUT2D eigenvalue weighted by Gasteiger charge is 2.41. The Balaban J connectivity index is 1.61. The lowest BCUT2D eigenvalue weighted by Gasteiger charge is -2.37. The highest BCUT2D eigenvalue weighted by Crippen LogP contribution is 2.36. The second kappa shape index (κ2) is 8.42. The predicted molar refractivity (Wildman–Crippen MR) is 102 cm³/mol. The van der Waals surface area contributed by atoms with Crippen LogP contribution < -0.4 is 0 Å². The van der Waals surface area contributed by atoms with Crippen LogP contribution in [0.1, 0.15) is 44.1 Å². The van der Waals surface area contributed by atoms with E-state index in [4.69, 9.17) is 0 Å². The molecule has 2 fully saturated rings. The van der Waals surface area contributed by atoms with Crippen molar-refractivity contribution in [2.45, 2.75) is 40.2 Å². The van der Waals surface area contributed by atoms with Gasteiger partial charge in [0.15, 0.2) is 0 Å². The molecule has 0 saturated carbocycles. The number of piperidine rings is 1. The molecule has 7 heteroatoms. The summed E-state index contributed by atoms with van der Waals surface area (Å²) in [4.78, 5) is 28.8. The minimum absolute atomic E-state index is 0.0364. The third-order valence-corrected chi connectivity index (χ3v) is 6.15. The summed E-state index contributed by atoms with van der Waals surface area (Å²) >= 11 is 0. The predicted octanol–water partition coefficient (Wildman–Crippen LogP) is 1.48. The molecule has 2 amide bonds. The molecule has 1 aromatic heterocycles. The van der Waals surface area contributed by atoms with E-state index in [1.54, 1.807) is 10.7 Å². The number of rotatable bonds is 5. The Labute approximate surface area is 161 Å². The fourth-order valence-corrected chi connectivity index (χ4v) is 4.52. The molecule has 2 atom stereocenters. The molecule has 0 radical (unpaired) electrons. The van der Waals surface area contributed by atoms with Crippen LogP contribution in [-0.2, 0) is 11.3 Å². The lowest BCUT2D eigenvalue weighted by atomic mass is 9.78. The van der Waals surface area contributed by atoms with Gasteiger partial charge in [-0.3, -0.25) is 14.3 Å². The molecule has 2 aliphatic heterocycles. The van der Waals surface area contributed by atoms with Gasteiger partial charge in [0.2, 0.25) is 5.91 Å². The molecule has 27 heavy (non-hydrogen) atoms. The number of hydrogen-bond donors (Lipinski definition) is 1. The number of aryl methyl sites for hydroxylation is 1. The van der Waals surface area contributed by atoms with Crippen molar-refractivity contribution in [3.63, 3.8) is 0 Å². The lowest BCUT2D eigenvalue weighted by Crippen LogP contribution is -2.43. The molecular formula is C20H32N4O3. The number of likely N-dealkylation sites (tertiary alicyclic amines) is 2. The second-order valence-corrected chi connectivity index (χ2v) is 8.19. The zero-order valence-electron chi connectivity index (χ0n) is 16.7. The van der Waals surface area contributed by atoms with E-state index in [0.717, 1.165) is 32.5 Å². The normalized spacial score (nSPS) is 24.0. The second-order valence-electron chi connectivity index (χ2n) is 8.19. The van der Waals surface area contributed by atoms with Crippen LogP contribution >= 0.6 is 0 Å². The number of amides is 2. The fraction of sp³-hybridized carbons (Fsp3) is 0.750. The van der Waals surface area contributed by atoms with Crippen LogP contribution in [0.4, 0.5) is 0 Å². The molecule has 2 saturated heterocycles. The molecule has 0 spiro atoms. The monoisotopic (exact) mass is 376 g/mol. The van der Waals surface area contributed by atoms with Crippen LogP contribution in [-0.4, -0.2) is 69.3 Å². The van der Waals surface area contributed by atoms with Crippen molar-refractivity contribution >= 4 is 11.8 Å². The fourth-order valence-electron chi connectivity index (χ4n) is 4.52. The van der Waals surface area contributed by atoms with Crippen molar-refractivity contribution in [2.75, 3.05) is 32.8 Å². The molecule has 0 bridgehead atoms. The van der Waals surface area contributed by atoms with E-state index in [1.165, 1.54) is 0 Å². The van der Waals surface area contributed by atoms with Gasteiger partial charge in [-0.25, -0.2) is 0 Å². The largest absolute Gasteiger partial charge is 0.396 e. The summed E-state index contributed by atoms with van der Waals surface area (Å²) in [6.45, 7) is 9.54. The third-order valence-electron chi connectivity index (χ3n) is 6.15. The van der Waals surface area contributed by atoms with E-state index in [2.05, 4.69) is 5.10 Å². The highest BCUT2D eigenvalue weighted by atomic mass is 16.3. The third kappa shape index (κ3) is 4.18. The van der Waals surface area contributed by atoms with Crippen molar-refractivity contribution < 1.29 is 14.7 Å². The minimum Gasteiger partial charge on any atom is -0.396 e. The van der Waals surface area contributed by atoms with E-state index in [-0.39, 0.29) is 30.3 Å². The molecule has 0 unspecified atom stereocenters. The first-order chi connectivity index (χ1) is 12.9.